The van der Waals surface area contributed by atoms with Crippen molar-refractivity contribution in [1.82, 2.24) is 4.90 Å². The number of aliphatic hydroxyl groups is 1. The average Bonchev–Trinajstić information content (AvgIpc) is 2.18. The second-order valence-corrected chi connectivity index (χ2v) is 4.81. The van der Waals surface area contributed by atoms with Crippen LogP contribution < -0.4 is 0 Å². The number of hydrogen-bond donors (Lipinski definition) is 1. The van der Waals surface area contributed by atoms with Crippen molar-refractivity contribution in [2.75, 3.05) is 25.1 Å². The van der Waals surface area contributed by atoms with Crippen molar-refractivity contribution in [1.29, 1.82) is 0 Å². The molecule has 1 N–H and O–H groups in total. The van der Waals surface area contributed by atoms with Gasteiger partial charge in [-0.2, -0.15) is 11.8 Å². The molecule has 1 saturated heterocycles. The first-order valence-corrected chi connectivity index (χ1v) is 6.27. The third-order valence-electron chi connectivity index (χ3n) is 2.63. The Morgan fingerprint density at radius 3 is 3.07 bits per heavy atom. The number of aliphatic hydroxyl groups excluding tert-OH is 1. The smallest absolute Gasteiger partial charge is 0.0712 e. The van der Waals surface area contributed by atoms with E-state index < -0.39 is 0 Å². The highest BCUT2D eigenvalue weighted by molar-refractivity contribution is 7.99. The molecule has 2 atom stereocenters. The first-order valence-electron chi connectivity index (χ1n) is 5.11. The summed E-state index contributed by atoms with van der Waals surface area (Å²) in [6.45, 7) is 2.93. The summed E-state index contributed by atoms with van der Waals surface area (Å²) in [6, 6.07) is 0.326. The molecule has 2 nitrogen and oxygen atoms in total. The summed E-state index contributed by atoms with van der Waals surface area (Å²) in [5, 5.41) is 9.95. The van der Waals surface area contributed by atoms with E-state index in [2.05, 4.69) is 23.8 Å². The van der Waals surface area contributed by atoms with Crippen molar-refractivity contribution < 1.29 is 5.11 Å². The molecule has 0 radical (unpaired) electrons. The fraction of sp³-hybridized carbons (Fsp3) is 0.818. The number of likely N-dealkylation sites (N-methyl/N-ethyl adjacent to an activating group) is 1. The standard InChI is InChI=1S/C11H19NOS/c1-3-4-5-6-11(13)10-9-14-8-7-12(10)2/h10-11,13H,5-9H2,1-2H3. The minimum Gasteiger partial charge on any atom is -0.391 e. The van der Waals surface area contributed by atoms with Crippen molar-refractivity contribution >= 4 is 11.8 Å². The van der Waals surface area contributed by atoms with Gasteiger partial charge in [-0.1, -0.05) is 0 Å². The zero-order valence-corrected chi connectivity index (χ0v) is 9.81. The SMILES string of the molecule is CC#CCCC(O)C1CSCCN1C. The third kappa shape index (κ3) is 3.53. The van der Waals surface area contributed by atoms with E-state index in [-0.39, 0.29) is 6.10 Å². The number of nitrogens with zero attached hydrogens (tertiary/aromatic N) is 1. The van der Waals surface area contributed by atoms with Gasteiger partial charge in [-0.3, -0.25) is 4.90 Å². The summed E-state index contributed by atoms with van der Waals surface area (Å²) < 4.78 is 0. The summed E-state index contributed by atoms with van der Waals surface area (Å²) in [4.78, 5) is 2.26. The van der Waals surface area contributed by atoms with Gasteiger partial charge in [0.05, 0.1) is 6.10 Å². The Morgan fingerprint density at radius 1 is 1.64 bits per heavy atom. The Labute approximate surface area is 91.1 Å². The van der Waals surface area contributed by atoms with E-state index >= 15 is 0 Å². The van der Waals surface area contributed by atoms with Gasteiger partial charge in [0.2, 0.25) is 0 Å². The van der Waals surface area contributed by atoms with E-state index in [1.807, 2.05) is 18.7 Å². The molecule has 2 unspecified atom stereocenters. The lowest BCUT2D eigenvalue weighted by Crippen LogP contribution is -2.46. The largest absolute Gasteiger partial charge is 0.391 e. The number of hydrogen-bond acceptors (Lipinski definition) is 3. The molecule has 0 bridgehead atoms. The minimum atomic E-state index is -0.214. The molecule has 0 aliphatic carbocycles. The van der Waals surface area contributed by atoms with Crippen LogP contribution in [0.4, 0.5) is 0 Å². The maximum Gasteiger partial charge on any atom is 0.0712 e. The summed E-state index contributed by atoms with van der Waals surface area (Å²) >= 11 is 1.94. The zero-order chi connectivity index (χ0) is 10.4. The molecule has 3 heteroatoms. The molecule has 1 aliphatic rings. The highest BCUT2D eigenvalue weighted by Crippen LogP contribution is 2.19. The molecule has 1 heterocycles. The van der Waals surface area contributed by atoms with Crippen molar-refractivity contribution in [2.45, 2.75) is 31.9 Å². The van der Waals surface area contributed by atoms with E-state index in [1.54, 1.807) is 0 Å². The molecule has 0 aromatic heterocycles. The Balaban J connectivity index is 2.32. The normalized spacial score (nSPS) is 25.2. The van der Waals surface area contributed by atoms with E-state index in [9.17, 15) is 5.11 Å². The molecular weight excluding hydrogens is 194 g/mol. The molecule has 1 fully saturated rings. The maximum absolute atomic E-state index is 9.95. The predicted molar refractivity (Wildman–Crippen MR) is 62.4 cm³/mol. The van der Waals surface area contributed by atoms with Crippen LogP contribution >= 0.6 is 11.8 Å². The van der Waals surface area contributed by atoms with Gasteiger partial charge in [-0.25, -0.2) is 0 Å². The summed E-state index contributed by atoms with van der Waals surface area (Å²) in [5.41, 5.74) is 0. The highest BCUT2D eigenvalue weighted by atomic mass is 32.2. The second kappa shape index (κ2) is 6.34. The lowest BCUT2D eigenvalue weighted by molar-refractivity contribution is 0.0707. The van der Waals surface area contributed by atoms with Crippen molar-refractivity contribution in [2.24, 2.45) is 0 Å². The first kappa shape index (κ1) is 11.9. The Bertz CT molecular complexity index is 221. The fourth-order valence-corrected chi connectivity index (χ4v) is 2.95. The molecule has 0 spiro atoms. The highest BCUT2D eigenvalue weighted by Gasteiger charge is 2.25. The third-order valence-corrected chi connectivity index (χ3v) is 3.68. The lowest BCUT2D eigenvalue weighted by atomic mass is 10.1. The Hall–Kier alpha value is -0.170. The topological polar surface area (TPSA) is 23.5 Å². The molecule has 0 aromatic rings. The Kier molecular flexibility index (Phi) is 5.39. The van der Waals surface area contributed by atoms with Crippen LogP contribution in [0.25, 0.3) is 0 Å². The number of rotatable bonds is 3. The fourth-order valence-electron chi connectivity index (χ4n) is 1.65. The molecule has 14 heavy (non-hydrogen) atoms. The predicted octanol–water partition coefficient (Wildman–Crippen LogP) is 1.20. The van der Waals surface area contributed by atoms with Gasteiger partial charge in [0, 0.05) is 30.5 Å². The van der Waals surface area contributed by atoms with Crippen molar-refractivity contribution in [3.05, 3.63) is 0 Å². The first-order chi connectivity index (χ1) is 6.75. The van der Waals surface area contributed by atoms with Gasteiger partial charge in [0.25, 0.3) is 0 Å². The molecule has 1 aliphatic heterocycles. The quantitative estimate of drug-likeness (QED) is 0.713. The van der Waals surface area contributed by atoms with Crippen LogP contribution in [-0.4, -0.2) is 47.3 Å². The summed E-state index contributed by atoms with van der Waals surface area (Å²) in [7, 11) is 2.10. The Morgan fingerprint density at radius 2 is 2.43 bits per heavy atom. The van der Waals surface area contributed by atoms with Gasteiger partial charge in [0.15, 0.2) is 0 Å². The van der Waals surface area contributed by atoms with Crippen LogP contribution in [0.5, 0.6) is 0 Å². The zero-order valence-electron chi connectivity index (χ0n) is 8.99. The van der Waals surface area contributed by atoms with Gasteiger partial charge in [-0.15, -0.1) is 11.8 Å². The van der Waals surface area contributed by atoms with Crippen LogP contribution in [0.1, 0.15) is 19.8 Å². The molecular formula is C11H19NOS. The molecule has 80 valence electrons. The maximum atomic E-state index is 9.95. The van der Waals surface area contributed by atoms with Gasteiger partial charge < -0.3 is 5.11 Å². The lowest BCUT2D eigenvalue weighted by Gasteiger charge is -2.35. The van der Waals surface area contributed by atoms with Crippen LogP contribution in [0.15, 0.2) is 0 Å². The molecule has 0 aromatic carbocycles. The molecule has 1 rings (SSSR count). The van der Waals surface area contributed by atoms with E-state index in [4.69, 9.17) is 0 Å². The summed E-state index contributed by atoms with van der Waals surface area (Å²) in [5.74, 6) is 8.10. The summed E-state index contributed by atoms with van der Waals surface area (Å²) in [6.07, 6.45) is 1.40. The minimum absolute atomic E-state index is 0.214. The average molecular weight is 213 g/mol. The molecule has 0 amide bonds. The number of thioether (sulfide) groups is 1. The van der Waals surface area contributed by atoms with Crippen LogP contribution in [0.2, 0.25) is 0 Å². The van der Waals surface area contributed by atoms with Gasteiger partial charge >= 0.3 is 0 Å². The van der Waals surface area contributed by atoms with Crippen LogP contribution in [0, 0.1) is 11.8 Å². The van der Waals surface area contributed by atoms with E-state index in [0.717, 1.165) is 25.1 Å². The van der Waals surface area contributed by atoms with E-state index in [1.165, 1.54) is 5.75 Å². The van der Waals surface area contributed by atoms with Crippen LogP contribution in [-0.2, 0) is 0 Å². The second-order valence-electron chi connectivity index (χ2n) is 3.66. The van der Waals surface area contributed by atoms with Crippen LogP contribution in [0.3, 0.4) is 0 Å². The van der Waals surface area contributed by atoms with Gasteiger partial charge in [0.1, 0.15) is 0 Å². The molecule has 0 saturated carbocycles. The van der Waals surface area contributed by atoms with E-state index in [0.29, 0.717) is 6.04 Å². The monoisotopic (exact) mass is 213 g/mol. The van der Waals surface area contributed by atoms with Crippen molar-refractivity contribution in [3.63, 3.8) is 0 Å². The van der Waals surface area contributed by atoms with Crippen molar-refractivity contribution in [3.8, 4) is 11.8 Å². The van der Waals surface area contributed by atoms with Gasteiger partial charge in [-0.05, 0) is 20.4 Å².